The molecule has 1 aliphatic heterocycles. The molecule has 0 radical (unpaired) electrons. The number of hydrogen-bond acceptors (Lipinski definition) is 4. The molecule has 1 aliphatic rings. The van der Waals surface area contributed by atoms with Crippen molar-refractivity contribution in [3.63, 3.8) is 0 Å². The zero-order chi connectivity index (χ0) is 11.7. The summed E-state index contributed by atoms with van der Waals surface area (Å²) >= 11 is 0. The van der Waals surface area contributed by atoms with Gasteiger partial charge in [0.15, 0.2) is 0 Å². The summed E-state index contributed by atoms with van der Waals surface area (Å²) in [6, 6.07) is -0.751. The van der Waals surface area contributed by atoms with E-state index in [1.165, 1.54) is 0 Å². The molecule has 1 saturated heterocycles. The second kappa shape index (κ2) is 4.16. The number of nitrogens with one attached hydrogen (secondary N) is 1. The van der Waals surface area contributed by atoms with Gasteiger partial charge >= 0.3 is 7.12 Å². The van der Waals surface area contributed by atoms with Crippen molar-refractivity contribution in [2.45, 2.75) is 44.9 Å². The van der Waals surface area contributed by atoms with Gasteiger partial charge in [0, 0.05) is 7.05 Å². The van der Waals surface area contributed by atoms with Gasteiger partial charge in [0.2, 0.25) is 0 Å². The molecule has 0 aliphatic carbocycles. The van der Waals surface area contributed by atoms with Crippen LogP contribution in [0.15, 0.2) is 12.3 Å². The van der Waals surface area contributed by atoms with E-state index in [1.807, 2.05) is 27.7 Å². The summed E-state index contributed by atoms with van der Waals surface area (Å²) in [6.07, 6.45) is 3.28. The summed E-state index contributed by atoms with van der Waals surface area (Å²) in [5.41, 5.74) is -0.793. The van der Waals surface area contributed by atoms with Crippen LogP contribution in [0.3, 0.4) is 0 Å². The number of rotatable bonds is 3. The van der Waals surface area contributed by atoms with Gasteiger partial charge in [-0.3, -0.25) is 0 Å². The molecular formula is C10H20BNO3. The fraction of sp³-hybridized carbons (Fsp3) is 0.800. The van der Waals surface area contributed by atoms with Crippen LogP contribution in [0, 0.1) is 0 Å². The van der Waals surface area contributed by atoms with Gasteiger partial charge in [-0.15, -0.1) is 0 Å². The van der Waals surface area contributed by atoms with E-state index in [0.29, 0.717) is 0 Å². The molecule has 0 spiro atoms. The van der Waals surface area contributed by atoms with Gasteiger partial charge in [-0.1, -0.05) is 0 Å². The van der Waals surface area contributed by atoms with E-state index in [2.05, 4.69) is 5.32 Å². The summed E-state index contributed by atoms with van der Waals surface area (Å²) in [5, 5.41) is 12.6. The second-order valence-electron chi connectivity index (χ2n) is 4.76. The van der Waals surface area contributed by atoms with Crippen molar-refractivity contribution in [3.05, 3.63) is 12.3 Å². The minimum Gasteiger partial charge on any atom is -0.401 e. The lowest BCUT2D eigenvalue weighted by Crippen LogP contribution is -2.41. The zero-order valence-corrected chi connectivity index (χ0v) is 10.1. The van der Waals surface area contributed by atoms with E-state index in [9.17, 15) is 5.11 Å². The van der Waals surface area contributed by atoms with Crippen LogP contribution in [-0.4, -0.2) is 36.5 Å². The normalized spacial score (nSPS) is 25.9. The lowest BCUT2D eigenvalue weighted by molar-refractivity contribution is 0.00578. The Hall–Kier alpha value is -0.515. The highest BCUT2D eigenvalue weighted by Crippen LogP contribution is 2.37. The minimum atomic E-state index is -0.751. The maximum Gasteiger partial charge on any atom is 0.492 e. The van der Waals surface area contributed by atoms with Gasteiger partial charge in [-0.05, 0) is 40.0 Å². The third-order valence-corrected chi connectivity index (χ3v) is 3.01. The Morgan fingerprint density at radius 2 is 1.67 bits per heavy atom. The first kappa shape index (κ1) is 12.6. The predicted octanol–water partition coefficient (Wildman–Crippen LogP) is 0.712. The predicted molar refractivity (Wildman–Crippen MR) is 60.3 cm³/mol. The Bertz CT molecular complexity index is 237. The van der Waals surface area contributed by atoms with E-state index < -0.39 is 24.3 Å². The smallest absolute Gasteiger partial charge is 0.401 e. The summed E-state index contributed by atoms with van der Waals surface area (Å²) in [7, 11) is 1.17. The van der Waals surface area contributed by atoms with E-state index in [0.717, 1.165) is 0 Å². The highest BCUT2D eigenvalue weighted by Gasteiger charge is 2.53. The fourth-order valence-corrected chi connectivity index (χ4v) is 1.31. The van der Waals surface area contributed by atoms with Crippen LogP contribution >= 0.6 is 0 Å². The molecule has 0 amide bonds. The van der Waals surface area contributed by atoms with Crippen molar-refractivity contribution in [2.24, 2.45) is 0 Å². The Balaban J connectivity index is 2.66. The molecule has 0 saturated carbocycles. The number of aliphatic hydroxyl groups is 1. The summed E-state index contributed by atoms with van der Waals surface area (Å²) in [5.74, 6) is 0. The lowest BCUT2D eigenvalue weighted by atomic mass is 9.81. The Labute approximate surface area is 91.8 Å². The third kappa shape index (κ3) is 2.54. The van der Waals surface area contributed by atoms with Gasteiger partial charge in [-0.2, -0.15) is 0 Å². The molecule has 0 aromatic heterocycles. The molecule has 1 rings (SSSR count). The van der Waals surface area contributed by atoms with Crippen LogP contribution in [0.25, 0.3) is 0 Å². The molecule has 0 aromatic rings. The molecule has 2 N–H and O–H groups in total. The molecule has 1 fully saturated rings. The molecule has 1 unspecified atom stereocenters. The first-order valence-corrected chi connectivity index (χ1v) is 5.18. The minimum absolute atomic E-state index is 0.397. The summed E-state index contributed by atoms with van der Waals surface area (Å²) < 4.78 is 11.3. The van der Waals surface area contributed by atoms with Gasteiger partial charge in [0.05, 0.1) is 11.2 Å². The van der Waals surface area contributed by atoms with Crippen molar-refractivity contribution < 1.29 is 14.4 Å². The van der Waals surface area contributed by atoms with Crippen molar-refractivity contribution in [3.8, 4) is 0 Å². The van der Waals surface area contributed by atoms with Gasteiger partial charge in [0.1, 0.15) is 6.00 Å². The maximum absolute atomic E-state index is 9.77. The second-order valence-corrected chi connectivity index (χ2v) is 4.76. The Morgan fingerprint density at radius 3 is 2.07 bits per heavy atom. The molecule has 1 atom stereocenters. The maximum atomic E-state index is 9.77. The van der Waals surface area contributed by atoms with Crippen LogP contribution < -0.4 is 5.32 Å². The van der Waals surface area contributed by atoms with Gasteiger partial charge < -0.3 is 19.7 Å². The highest BCUT2D eigenvalue weighted by molar-refractivity contribution is 6.47. The molecule has 86 valence electrons. The standard InChI is InChI=1S/C10H20BNO3/c1-9(2)10(3,4)15-11(14-9)8(13)6-7-12-5/h6-8,12-13H,1-5H3/b7-6+. The average molecular weight is 213 g/mol. The molecule has 0 bridgehead atoms. The Kier molecular flexibility index (Phi) is 3.48. The molecule has 5 heteroatoms. The summed E-state index contributed by atoms with van der Waals surface area (Å²) in [6.45, 7) is 7.84. The number of aliphatic hydroxyl groups excluding tert-OH is 1. The third-order valence-electron chi connectivity index (χ3n) is 3.01. The first-order valence-electron chi connectivity index (χ1n) is 5.18. The van der Waals surface area contributed by atoms with Crippen molar-refractivity contribution >= 4 is 7.12 Å². The van der Waals surface area contributed by atoms with Crippen LogP contribution in [-0.2, 0) is 9.31 Å². The molecule has 1 heterocycles. The zero-order valence-electron chi connectivity index (χ0n) is 10.1. The topological polar surface area (TPSA) is 50.7 Å². The van der Waals surface area contributed by atoms with E-state index >= 15 is 0 Å². The molecule has 15 heavy (non-hydrogen) atoms. The van der Waals surface area contributed by atoms with E-state index in [1.54, 1.807) is 19.3 Å². The largest absolute Gasteiger partial charge is 0.492 e. The number of hydrogen-bond donors (Lipinski definition) is 2. The van der Waals surface area contributed by atoms with Crippen molar-refractivity contribution in [2.75, 3.05) is 7.05 Å². The Morgan fingerprint density at radius 1 is 1.20 bits per heavy atom. The SMILES string of the molecule is CN/C=C/C(O)B1OC(C)(C)C(C)(C)O1. The highest BCUT2D eigenvalue weighted by atomic mass is 16.7. The average Bonchev–Trinajstić information content (AvgIpc) is 2.32. The molecule has 0 aromatic carbocycles. The van der Waals surface area contributed by atoms with Crippen LogP contribution in [0.1, 0.15) is 27.7 Å². The van der Waals surface area contributed by atoms with Crippen molar-refractivity contribution in [1.29, 1.82) is 0 Å². The van der Waals surface area contributed by atoms with Crippen LogP contribution in [0.2, 0.25) is 0 Å². The molecule has 4 nitrogen and oxygen atoms in total. The summed E-state index contributed by atoms with van der Waals surface area (Å²) in [4.78, 5) is 0. The quantitative estimate of drug-likeness (QED) is 0.678. The van der Waals surface area contributed by atoms with Gasteiger partial charge in [0.25, 0.3) is 0 Å². The monoisotopic (exact) mass is 213 g/mol. The lowest BCUT2D eigenvalue weighted by Gasteiger charge is -2.32. The van der Waals surface area contributed by atoms with E-state index in [-0.39, 0.29) is 0 Å². The van der Waals surface area contributed by atoms with E-state index in [4.69, 9.17) is 9.31 Å². The van der Waals surface area contributed by atoms with Crippen LogP contribution in [0.4, 0.5) is 0 Å². The molecular weight excluding hydrogens is 193 g/mol. The van der Waals surface area contributed by atoms with Gasteiger partial charge in [-0.25, -0.2) is 0 Å². The fourth-order valence-electron chi connectivity index (χ4n) is 1.31. The van der Waals surface area contributed by atoms with Crippen molar-refractivity contribution in [1.82, 2.24) is 5.32 Å². The van der Waals surface area contributed by atoms with Crippen LogP contribution in [0.5, 0.6) is 0 Å². The first-order chi connectivity index (χ1) is 6.80.